The molecule has 0 aromatic heterocycles. The van der Waals surface area contributed by atoms with Gasteiger partial charge in [0, 0.05) is 10.7 Å². The lowest BCUT2D eigenvalue weighted by molar-refractivity contribution is -0.123. The van der Waals surface area contributed by atoms with Gasteiger partial charge in [0.15, 0.2) is 6.61 Å². The SMILES string of the molecule is CC1CCC(=NNC(=O)COc2ccc(Cl)cc2)CC1. The number of hydrogen-bond donors (Lipinski definition) is 1. The summed E-state index contributed by atoms with van der Waals surface area (Å²) in [5.41, 5.74) is 3.62. The van der Waals surface area contributed by atoms with Crippen LogP contribution in [0.15, 0.2) is 29.4 Å². The minimum Gasteiger partial charge on any atom is -0.484 e. The third-order valence-corrected chi connectivity index (χ3v) is 3.63. The van der Waals surface area contributed by atoms with Crippen LogP contribution in [0.1, 0.15) is 32.6 Å². The molecule has 1 aliphatic carbocycles. The minimum atomic E-state index is -0.244. The highest BCUT2D eigenvalue weighted by molar-refractivity contribution is 6.30. The number of nitrogens with zero attached hydrogens (tertiary/aromatic N) is 1. The number of nitrogens with one attached hydrogen (secondary N) is 1. The average molecular weight is 295 g/mol. The second kappa shape index (κ2) is 7.29. The smallest absolute Gasteiger partial charge is 0.277 e. The van der Waals surface area contributed by atoms with E-state index in [0.717, 1.165) is 37.3 Å². The van der Waals surface area contributed by atoms with Gasteiger partial charge in [-0.2, -0.15) is 5.10 Å². The second-order valence-corrected chi connectivity index (χ2v) is 5.57. The van der Waals surface area contributed by atoms with Crippen molar-refractivity contribution in [3.8, 4) is 5.75 Å². The second-order valence-electron chi connectivity index (χ2n) is 5.14. The van der Waals surface area contributed by atoms with Gasteiger partial charge in [-0.1, -0.05) is 18.5 Å². The molecule has 0 unspecified atom stereocenters. The fourth-order valence-electron chi connectivity index (χ4n) is 2.06. The van der Waals surface area contributed by atoms with Gasteiger partial charge in [0.25, 0.3) is 5.91 Å². The molecule has 0 saturated heterocycles. The molecule has 0 bridgehead atoms. The van der Waals surface area contributed by atoms with Crippen LogP contribution >= 0.6 is 11.6 Å². The monoisotopic (exact) mass is 294 g/mol. The number of benzene rings is 1. The molecule has 1 N–H and O–H groups in total. The van der Waals surface area contributed by atoms with Crippen molar-refractivity contribution in [3.05, 3.63) is 29.3 Å². The molecular formula is C15H19ClN2O2. The molecule has 1 aromatic carbocycles. The molecule has 1 saturated carbocycles. The van der Waals surface area contributed by atoms with E-state index >= 15 is 0 Å². The van der Waals surface area contributed by atoms with E-state index in [0.29, 0.717) is 10.8 Å². The number of carbonyl (C=O) groups excluding carboxylic acids is 1. The number of hydrazone groups is 1. The minimum absolute atomic E-state index is 0.0468. The van der Waals surface area contributed by atoms with E-state index in [1.807, 2.05) is 0 Å². The van der Waals surface area contributed by atoms with Crippen LogP contribution in [-0.4, -0.2) is 18.2 Å². The zero-order chi connectivity index (χ0) is 14.4. The number of ether oxygens (including phenoxy) is 1. The van der Waals surface area contributed by atoms with Crippen molar-refractivity contribution in [2.45, 2.75) is 32.6 Å². The number of carbonyl (C=O) groups is 1. The zero-order valence-electron chi connectivity index (χ0n) is 11.6. The maximum absolute atomic E-state index is 11.6. The predicted octanol–water partition coefficient (Wildman–Crippen LogP) is 3.40. The largest absolute Gasteiger partial charge is 0.484 e. The Labute approximate surface area is 124 Å². The Morgan fingerprint density at radius 3 is 2.65 bits per heavy atom. The molecule has 0 radical (unpaired) electrons. The van der Waals surface area contributed by atoms with Gasteiger partial charge in [-0.25, -0.2) is 5.43 Å². The normalized spacial score (nSPS) is 18.5. The highest BCUT2D eigenvalue weighted by Gasteiger charge is 2.13. The molecular weight excluding hydrogens is 276 g/mol. The van der Waals surface area contributed by atoms with Gasteiger partial charge in [-0.15, -0.1) is 0 Å². The summed E-state index contributed by atoms with van der Waals surface area (Å²) in [4.78, 5) is 11.6. The van der Waals surface area contributed by atoms with Crippen LogP contribution in [0.25, 0.3) is 0 Å². The summed E-state index contributed by atoms with van der Waals surface area (Å²) < 4.78 is 5.34. The summed E-state index contributed by atoms with van der Waals surface area (Å²) in [5.74, 6) is 1.13. The summed E-state index contributed by atoms with van der Waals surface area (Å²) in [5, 5.41) is 4.80. The average Bonchev–Trinajstić information content (AvgIpc) is 2.46. The van der Waals surface area contributed by atoms with E-state index < -0.39 is 0 Å². The Hall–Kier alpha value is -1.55. The fraction of sp³-hybridized carbons (Fsp3) is 0.467. The first-order valence-corrected chi connectivity index (χ1v) is 7.24. The van der Waals surface area contributed by atoms with Crippen molar-refractivity contribution in [1.29, 1.82) is 0 Å². The van der Waals surface area contributed by atoms with Gasteiger partial charge in [0.05, 0.1) is 0 Å². The molecule has 20 heavy (non-hydrogen) atoms. The first-order valence-electron chi connectivity index (χ1n) is 6.86. The Morgan fingerprint density at radius 1 is 1.35 bits per heavy atom. The molecule has 1 aliphatic rings. The van der Waals surface area contributed by atoms with Crippen LogP contribution in [0.4, 0.5) is 0 Å². The molecule has 5 heteroatoms. The first kappa shape index (κ1) is 14.9. The van der Waals surface area contributed by atoms with Crippen molar-refractivity contribution >= 4 is 23.2 Å². The van der Waals surface area contributed by atoms with Gasteiger partial charge in [-0.05, 0) is 55.9 Å². The van der Waals surface area contributed by atoms with E-state index in [4.69, 9.17) is 16.3 Å². The fourth-order valence-corrected chi connectivity index (χ4v) is 2.19. The molecule has 1 amide bonds. The quantitative estimate of drug-likeness (QED) is 0.865. The van der Waals surface area contributed by atoms with Gasteiger partial charge >= 0.3 is 0 Å². The van der Waals surface area contributed by atoms with Crippen molar-refractivity contribution < 1.29 is 9.53 Å². The summed E-state index contributed by atoms with van der Waals surface area (Å²) in [6.07, 6.45) is 4.24. The lowest BCUT2D eigenvalue weighted by Gasteiger charge is -2.18. The lowest BCUT2D eigenvalue weighted by Crippen LogP contribution is -2.26. The van der Waals surface area contributed by atoms with Crippen LogP contribution < -0.4 is 10.2 Å². The van der Waals surface area contributed by atoms with Crippen LogP contribution in [0, 0.1) is 5.92 Å². The lowest BCUT2D eigenvalue weighted by atomic mass is 9.90. The molecule has 4 nitrogen and oxygen atoms in total. The number of hydrogen-bond acceptors (Lipinski definition) is 3. The van der Waals surface area contributed by atoms with Gasteiger partial charge in [0.1, 0.15) is 5.75 Å². The van der Waals surface area contributed by atoms with Crippen LogP contribution in [0.3, 0.4) is 0 Å². The summed E-state index contributed by atoms with van der Waals surface area (Å²) in [6, 6.07) is 6.89. The maximum atomic E-state index is 11.6. The topological polar surface area (TPSA) is 50.7 Å². The number of halogens is 1. The summed E-state index contributed by atoms with van der Waals surface area (Å²) >= 11 is 5.77. The van der Waals surface area contributed by atoms with Crippen molar-refractivity contribution in [2.75, 3.05) is 6.61 Å². The molecule has 0 heterocycles. The van der Waals surface area contributed by atoms with Crippen LogP contribution in [0.5, 0.6) is 5.75 Å². The zero-order valence-corrected chi connectivity index (χ0v) is 12.3. The molecule has 0 atom stereocenters. The van der Waals surface area contributed by atoms with Crippen LogP contribution in [0.2, 0.25) is 5.02 Å². The third kappa shape index (κ3) is 4.85. The Morgan fingerprint density at radius 2 is 2.00 bits per heavy atom. The summed E-state index contributed by atoms with van der Waals surface area (Å²) in [7, 11) is 0. The van der Waals surface area contributed by atoms with Gasteiger partial charge < -0.3 is 4.74 Å². The predicted molar refractivity (Wildman–Crippen MR) is 80.2 cm³/mol. The molecule has 1 aromatic rings. The third-order valence-electron chi connectivity index (χ3n) is 3.37. The van der Waals surface area contributed by atoms with E-state index in [2.05, 4.69) is 17.5 Å². The Kier molecular flexibility index (Phi) is 5.41. The summed E-state index contributed by atoms with van der Waals surface area (Å²) in [6.45, 7) is 2.20. The number of amides is 1. The van der Waals surface area contributed by atoms with Crippen molar-refractivity contribution in [2.24, 2.45) is 11.0 Å². The number of rotatable bonds is 4. The Balaban J connectivity index is 1.73. The van der Waals surface area contributed by atoms with E-state index in [9.17, 15) is 4.79 Å². The molecule has 1 fully saturated rings. The molecule has 0 spiro atoms. The highest BCUT2D eigenvalue weighted by atomic mass is 35.5. The van der Waals surface area contributed by atoms with Crippen molar-refractivity contribution in [3.63, 3.8) is 0 Å². The van der Waals surface area contributed by atoms with E-state index in [-0.39, 0.29) is 12.5 Å². The first-order chi connectivity index (χ1) is 9.63. The van der Waals surface area contributed by atoms with Crippen molar-refractivity contribution in [1.82, 2.24) is 5.43 Å². The van der Waals surface area contributed by atoms with Crippen LogP contribution in [-0.2, 0) is 4.79 Å². The van der Waals surface area contributed by atoms with E-state index in [1.54, 1.807) is 24.3 Å². The van der Waals surface area contributed by atoms with Gasteiger partial charge in [0.2, 0.25) is 0 Å². The molecule has 2 rings (SSSR count). The molecule has 0 aliphatic heterocycles. The standard InChI is InChI=1S/C15H19ClN2O2/c1-11-2-6-13(7-3-11)17-18-15(19)10-20-14-8-4-12(16)5-9-14/h4-5,8-9,11H,2-3,6-7,10H2,1H3,(H,18,19). The highest BCUT2D eigenvalue weighted by Crippen LogP contribution is 2.21. The van der Waals surface area contributed by atoms with Gasteiger partial charge in [-0.3, -0.25) is 4.79 Å². The Bertz CT molecular complexity index is 475. The molecule has 108 valence electrons. The maximum Gasteiger partial charge on any atom is 0.277 e. The van der Waals surface area contributed by atoms with E-state index in [1.165, 1.54) is 0 Å².